The summed E-state index contributed by atoms with van der Waals surface area (Å²) >= 11 is 0. The molecule has 24 rings (SSSR count). The van der Waals surface area contributed by atoms with Crippen LogP contribution in [0.2, 0.25) is 0 Å². The topological polar surface area (TPSA) is 42.5 Å². The van der Waals surface area contributed by atoms with Crippen LogP contribution in [0.4, 0.5) is 0 Å². The van der Waals surface area contributed by atoms with Crippen molar-refractivity contribution in [1.29, 1.82) is 0 Å². The van der Waals surface area contributed by atoms with E-state index in [1.807, 2.05) is 6.07 Å². The first kappa shape index (κ1) is 65.7. The van der Waals surface area contributed by atoms with Crippen molar-refractivity contribution >= 4 is 131 Å². The van der Waals surface area contributed by atoms with E-state index in [0.29, 0.717) is 0 Å². The van der Waals surface area contributed by atoms with Crippen molar-refractivity contribution in [2.45, 2.75) is 0 Å². The van der Waals surface area contributed by atoms with Crippen molar-refractivity contribution in [3.63, 3.8) is 0 Å². The van der Waals surface area contributed by atoms with E-state index in [9.17, 15) is 0 Å². The first-order chi connectivity index (χ1) is 56.6. The van der Waals surface area contributed by atoms with Crippen molar-refractivity contribution in [3.8, 4) is 67.8 Å². The monoisotopic (exact) mass is 1450 g/mol. The standard InChI is InChI=1S/2C36H24N2.C35H23N3/c1-3-12-25(13-4-1)26-14-11-17-28(22-26)38-34-21-10-8-19-30(34)32-23-35-31(24-36(32)38)29-18-7-9-20-33(29)37(35)27-15-5-2-6-16-27;1-3-11-25(12-4-1)26-19-21-28(22-20-26)38-34-18-10-8-16-30(34)32-23-35-31(24-36(32)38)29-15-7-9-17-33(29)37(35)27-13-5-2-6-14-27;1-3-12-24(13-4-1)30-18-11-21-35(36-30)38-32-20-10-8-17-27(32)29-22-33-28(23-34(29)38)26-16-7-9-19-31(26)37(33)25-14-5-2-6-15-25/h2*1-24H;1-23H. The van der Waals surface area contributed by atoms with Gasteiger partial charge in [0.05, 0.1) is 71.9 Å². The molecule has 7 aromatic heterocycles. The molecule has 0 spiro atoms. The fraction of sp³-hybridized carbons (Fsp3) is 0. The molecule has 0 N–H and O–H groups in total. The van der Waals surface area contributed by atoms with Gasteiger partial charge in [0.25, 0.3) is 0 Å². The van der Waals surface area contributed by atoms with Gasteiger partial charge in [-0.2, -0.15) is 0 Å². The summed E-state index contributed by atoms with van der Waals surface area (Å²) in [6.45, 7) is 0. The van der Waals surface area contributed by atoms with Crippen LogP contribution in [-0.4, -0.2) is 32.4 Å². The molecule has 7 nitrogen and oxygen atoms in total. The number of nitrogens with zero attached hydrogens (tertiary/aromatic N) is 7. The van der Waals surface area contributed by atoms with E-state index >= 15 is 0 Å². The maximum absolute atomic E-state index is 5.14. The molecule has 17 aromatic carbocycles. The molecule has 0 saturated heterocycles. The minimum Gasteiger partial charge on any atom is -0.309 e. The largest absolute Gasteiger partial charge is 0.309 e. The third-order valence-electron chi connectivity index (χ3n) is 22.9. The molecule has 0 aliphatic rings. The van der Waals surface area contributed by atoms with Gasteiger partial charge in [-0.15, -0.1) is 0 Å². The second-order valence-electron chi connectivity index (χ2n) is 29.4. The average molecular weight is 1450 g/mol. The van der Waals surface area contributed by atoms with Crippen molar-refractivity contribution in [3.05, 3.63) is 431 Å². The molecule has 0 amide bonds. The lowest BCUT2D eigenvalue weighted by molar-refractivity contribution is 1.08. The molecular weight excluding hydrogens is 1380 g/mol. The highest BCUT2D eigenvalue weighted by Crippen LogP contribution is 2.45. The van der Waals surface area contributed by atoms with Crippen LogP contribution >= 0.6 is 0 Å². The van der Waals surface area contributed by atoms with E-state index in [-0.39, 0.29) is 0 Å². The highest BCUT2D eigenvalue weighted by atomic mass is 15.1. The van der Waals surface area contributed by atoms with E-state index in [0.717, 1.165) is 28.1 Å². The zero-order chi connectivity index (χ0) is 75.2. The SMILES string of the molecule is c1ccc(-c2ccc(-n3c4ccccc4c4cc5c(cc43)c3ccccc3n5-c3ccccc3)cc2)cc1.c1ccc(-c2cccc(-n3c4ccccc4c4cc5c(cc43)c3ccccc3n5-c3ccccc3)c2)cc1.c1ccc(-c2cccc(-n3c4ccccc4c4cc5c(cc43)c3ccccc3n5-c3ccccc3)n2)cc1. The number of para-hydroxylation sites is 9. The van der Waals surface area contributed by atoms with E-state index in [4.69, 9.17) is 4.98 Å². The van der Waals surface area contributed by atoms with E-state index < -0.39 is 0 Å². The fourth-order valence-electron chi connectivity index (χ4n) is 17.9. The lowest BCUT2D eigenvalue weighted by atomic mass is 10.1. The van der Waals surface area contributed by atoms with Gasteiger partial charge < -0.3 is 22.8 Å². The van der Waals surface area contributed by atoms with Gasteiger partial charge in [-0.25, -0.2) is 4.98 Å². The van der Waals surface area contributed by atoms with E-state index in [1.165, 1.54) is 170 Å². The summed E-state index contributed by atoms with van der Waals surface area (Å²) in [5.41, 5.74) is 27.4. The molecule has 0 aliphatic carbocycles. The third kappa shape index (κ3) is 10.9. The molecule has 0 saturated carbocycles. The molecule has 7 heteroatoms. The molecule has 0 unspecified atom stereocenters. The van der Waals surface area contributed by atoms with Gasteiger partial charge >= 0.3 is 0 Å². The van der Waals surface area contributed by atoms with Crippen LogP contribution in [0.1, 0.15) is 0 Å². The number of hydrogen-bond donors (Lipinski definition) is 0. The molecule has 534 valence electrons. The van der Waals surface area contributed by atoms with Gasteiger partial charge in [-0.05, 0) is 168 Å². The van der Waals surface area contributed by atoms with Gasteiger partial charge in [0, 0.05) is 98.6 Å². The van der Waals surface area contributed by atoms with Crippen LogP contribution in [-0.2, 0) is 0 Å². The minimum absolute atomic E-state index is 0.920. The lowest BCUT2D eigenvalue weighted by Gasteiger charge is -2.11. The Kier molecular flexibility index (Phi) is 15.8. The number of aromatic nitrogens is 7. The summed E-state index contributed by atoms with van der Waals surface area (Å²) < 4.78 is 14.3. The number of rotatable bonds is 9. The molecule has 0 atom stereocenters. The second-order valence-corrected chi connectivity index (χ2v) is 29.4. The first-order valence-electron chi connectivity index (χ1n) is 39.0. The molecule has 0 radical (unpaired) electrons. The lowest BCUT2D eigenvalue weighted by Crippen LogP contribution is -1.98. The highest BCUT2D eigenvalue weighted by molar-refractivity contribution is 6.22. The van der Waals surface area contributed by atoms with Crippen LogP contribution in [0.5, 0.6) is 0 Å². The Bertz CT molecular complexity index is 7490. The molecule has 0 aliphatic heterocycles. The molecular formula is C107H71N7. The maximum atomic E-state index is 5.14. The van der Waals surface area contributed by atoms with Crippen LogP contribution in [0.25, 0.3) is 199 Å². The predicted molar refractivity (Wildman–Crippen MR) is 479 cm³/mol. The zero-order valence-corrected chi connectivity index (χ0v) is 62.1. The van der Waals surface area contributed by atoms with Crippen LogP contribution in [0.3, 0.4) is 0 Å². The Morgan fingerprint density at radius 2 is 0.368 bits per heavy atom. The normalized spacial score (nSPS) is 11.7. The van der Waals surface area contributed by atoms with Gasteiger partial charge in [-0.3, -0.25) is 4.57 Å². The summed E-state index contributed by atoms with van der Waals surface area (Å²) in [5.74, 6) is 0.920. The Morgan fingerprint density at radius 3 is 0.719 bits per heavy atom. The summed E-state index contributed by atoms with van der Waals surface area (Å²) in [7, 11) is 0. The van der Waals surface area contributed by atoms with Gasteiger partial charge in [0.15, 0.2) is 0 Å². The Balaban J connectivity index is 0.000000104. The average Bonchev–Trinajstić information content (AvgIpc) is 1.57. The van der Waals surface area contributed by atoms with E-state index in [1.54, 1.807) is 0 Å². The smallest absolute Gasteiger partial charge is 0.138 e. The summed E-state index contributed by atoms with van der Waals surface area (Å²) in [6, 6.07) is 154. The number of hydrogen-bond acceptors (Lipinski definition) is 1. The van der Waals surface area contributed by atoms with Crippen molar-refractivity contribution in [2.24, 2.45) is 0 Å². The summed E-state index contributed by atoms with van der Waals surface area (Å²) in [4.78, 5) is 5.14. The highest BCUT2D eigenvalue weighted by Gasteiger charge is 2.24. The first-order valence-corrected chi connectivity index (χ1v) is 39.0. The minimum atomic E-state index is 0.920. The quantitative estimate of drug-likeness (QED) is 0.142. The van der Waals surface area contributed by atoms with Gasteiger partial charge in [0.2, 0.25) is 0 Å². The van der Waals surface area contributed by atoms with Crippen molar-refractivity contribution in [1.82, 2.24) is 32.4 Å². The van der Waals surface area contributed by atoms with Crippen molar-refractivity contribution in [2.75, 3.05) is 0 Å². The number of fused-ring (bicyclic) bond motifs is 18. The number of pyridine rings is 1. The van der Waals surface area contributed by atoms with Crippen molar-refractivity contribution < 1.29 is 0 Å². The fourth-order valence-corrected chi connectivity index (χ4v) is 17.9. The summed E-state index contributed by atoms with van der Waals surface area (Å²) in [6.07, 6.45) is 0. The molecule has 0 bridgehead atoms. The van der Waals surface area contributed by atoms with E-state index in [2.05, 4.69) is 452 Å². The Labute approximate surface area is 657 Å². The Hall–Kier alpha value is -15.3. The van der Waals surface area contributed by atoms with Crippen LogP contribution in [0.15, 0.2) is 431 Å². The maximum Gasteiger partial charge on any atom is 0.138 e. The zero-order valence-electron chi connectivity index (χ0n) is 62.1. The van der Waals surface area contributed by atoms with Gasteiger partial charge in [0.1, 0.15) is 5.82 Å². The molecule has 0 fully saturated rings. The third-order valence-corrected chi connectivity index (χ3v) is 22.9. The molecule has 7 heterocycles. The number of benzene rings is 17. The predicted octanol–water partition coefficient (Wildman–Crippen LogP) is 28.0. The summed E-state index contributed by atoms with van der Waals surface area (Å²) in [5, 5.41) is 15.0. The van der Waals surface area contributed by atoms with Crippen LogP contribution in [0, 0.1) is 0 Å². The van der Waals surface area contributed by atoms with Crippen LogP contribution < -0.4 is 0 Å². The molecule has 24 aromatic rings. The van der Waals surface area contributed by atoms with Gasteiger partial charge in [-0.1, -0.05) is 285 Å². The second kappa shape index (κ2) is 27.4. The molecule has 114 heavy (non-hydrogen) atoms. The Morgan fingerprint density at radius 1 is 0.132 bits per heavy atom.